The largest absolute Gasteiger partial charge is 0.358 e. The summed E-state index contributed by atoms with van der Waals surface area (Å²) in [5.74, 6) is -0.411. The normalized spacial score (nSPS) is 14.3. The first kappa shape index (κ1) is 22.8. The van der Waals surface area contributed by atoms with Gasteiger partial charge in [-0.15, -0.1) is 0 Å². The van der Waals surface area contributed by atoms with Gasteiger partial charge in [-0.3, -0.25) is 9.48 Å². The highest BCUT2D eigenvalue weighted by Crippen LogP contribution is 2.53. The van der Waals surface area contributed by atoms with Gasteiger partial charge >= 0.3 is 0 Å². The number of rotatable bonds is 8. The van der Waals surface area contributed by atoms with Crippen LogP contribution in [0.5, 0.6) is 0 Å². The van der Waals surface area contributed by atoms with Gasteiger partial charge in [0, 0.05) is 43.7 Å². The second-order valence-electron chi connectivity index (χ2n) is 8.65. The molecule has 1 amide bonds. The Bertz CT molecular complexity index is 1360. The van der Waals surface area contributed by atoms with E-state index in [0.29, 0.717) is 36.2 Å². The molecule has 3 heterocycles. The van der Waals surface area contributed by atoms with Gasteiger partial charge in [-0.1, -0.05) is 17.3 Å². The lowest BCUT2D eigenvalue weighted by atomic mass is 10.0. The number of aryl methyl sites for hydroxylation is 1. The van der Waals surface area contributed by atoms with E-state index >= 15 is 0 Å². The first-order valence-electron chi connectivity index (χ1n) is 10.9. The van der Waals surface area contributed by atoms with Gasteiger partial charge in [-0.05, 0) is 35.6 Å². The van der Waals surface area contributed by atoms with E-state index in [2.05, 4.69) is 25.5 Å². The summed E-state index contributed by atoms with van der Waals surface area (Å²) in [5, 5.41) is 10.2. The molecule has 1 aliphatic rings. The molecule has 35 heavy (non-hydrogen) atoms. The molecule has 1 aromatic carbocycles. The molecule has 11 heteroatoms. The number of halogens is 3. The second-order valence-corrected chi connectivity index (χ2v) is 8.65. The number of alkyl halides is 2. The zero-order valence-electron chi connectivity index (χ0n) is 18.7. The summed E-state index contributed by atoms with van der Waals surface area (Å²) < 4.78 is 47.8. The first-order chi connectivity index (χ1) is 16.8. The van der Waals surface area contributed by atoms with Crippen LogP contribution in [0.2, 0.25) is 0 Å². The van der Waals surface area contributed by atoms with Crippen molar-refractivity contribution < 1.29 is 22.5 Å². The van der Waals surface area contributed by atoms with E-state index in [1.165, 1.54) is 18.2 Å². The number of aromatic nitrogens is 5. The molecule has 0 radical (unpaired) electrons. The predicted octanol–water partition coefficient (Wildman–Crippen LogP) is 4.07. The molecular formula is C24H21F3N6O2. The number of amides is 1. The van der Waals surface area contributed by atoms with Gasteiger partial charge in [0.1, 0.15) is 11.6 Å². The lowest BCUT2D eigenvalue weighted by Gasteiger charge is -2.08. The van der Waals surface area contributed by atoms with Crippen molar-refractivity contribution in [2.24, 2.45) is 7.05 Å². The quantitative estimate of drug-likeness (QED) is 0.407. The number of carbonyl (C=O) groups is 1. The molecule has 4 aromatic rings. The molecule has 0 spiro atoms. The molecule has 1 N–H and O–H groups in total. The number of anilines is 1. The van der Waals surface area contributed by atoms with Gasteiger partial charge in [0.2, 0.25) is 5.91 Å². The monoisotopic (exact) mass is 482 g/mol. The summed E-state index contributed by atoms with van der Waals surface area (Å²) in [6.45, 7) is 0. The number of hydrogen-bond donors (Lipinski definition) is 1. The Morgan fingerprint density at radius 3 is 2.57 bits per heavy atom. The Morgan fingerprint density at radius 1 is 1.17 bits per heavy atom. The molecule has 8 nitrogen and oxygen atoms in total. The fourth-order valence-corrected chi connectivity index (χ4v) is 3.85. The second kappa shape index (κ2) is 8.97. The molecule has 1 saturated carbocycles. The Balaban J connectivity index is 1.21. The maximum absolute atomic E-state index is 14.7. The average Bonchev–Trinajstić information content (AvgIpc) is 3.36. The maximum Gasteiger partial charge on any atom is 0.251 e. The average molecular weight is 482 g/mol. The highest BCUT2D eigenvalue weighted by molar-refractivity contribution is 5.91. The minimum atomic E-state index is -2.56. The Labute approximate surface area is 198 Å². The van der Waals surface area contributed by atoms with Gasteiger partial charge in [-0.25, -0.2) is 23.1 Å². The van der Waals surface area contributed by atoms with Crippen LogP contribution < -0.4 is 5.32 Å². The van der Waals surface area contributed by atoms with E-state index < -0.39 is 23.6 Å². The van der Waals surface area contributed by atoms with E-state index in [1.54, 1.807) is 29.3 Å². The van der Waals surface area contributed by atoms with Gasteiger partial charge in [0.25, 0.3) is 6.43 Å². The topological polar surface area (TPSA) is 98.7 Å². The van der Waals surface area contributed by atoms with Crippen LogP contribution in [-0.2, 0) is 30.1 Å². The van der Waals surface area contributed by atoms with E-state index in [4.69, 9.17) is 4.52 Å². The van der Waals surface area contributed by atoms with Crippen LogP contribution in [0.4, 0.5) is 19.0 Å². The van der Waals surface area contributed by atoms with Crippen molar-refractivity contribution in [2.75, 3.05) is 5.32 Å². The van der Waals surface area contributed by atoms with Crippen molar-refractivity contribution in [1.29, 1.82) is 0 Å². The number of carbonyl (C=O) groups excluding carboxylic acids is 1. The van der Waals surface area contributed by atoms with Crippen LogP contribution in [-0.4, -0.2) is 37.2 Å². The van der Waals surface area contributed by atoms with Crippen molar-refractivity contribution in [3.63, 3.8) is 0 Å². The van der Waals surface area contributed by atoms with E-state index in [9.17, 15) is 18.0 Å². The van der Waals surface area contributed by atoms with E-state index in [-0.39, 0.29) is 23.6 Å². The summed E-state index contributed by atoms with van der Waals surface area (Å²) in [6.07, 6.45) is 5.20. The fraction of sp³-hybridized carbons (Fsp3) is 0.292. The minimum absolute atomic E-state index is 0.0254. The number of nitrogens with zero attached hydrogens (tertiary/aromatic N) is 5. The molecule has 5 rings (SSSR count). The maximum atomic E-state index is 14.7. The van der Waals surface area contributed by atoms with Crippen molar-refractivity contribution in [3.8, 4) is 11.1 Å². The Kier molecular flexibility index (Phi) is 5.83. The molecular weight excluding hydrogens is 461 g/mol. The fourth-order valence-electron chi connectivity index (χ4n) is 3.85. The summed E-state index contributed by atoms with van der Waals surface area (Å²) >= 11 is 0. The highest BCUT2D eigenvalue weighted by Gasteiger charge is 2.55. The van der Waals surface area contributed by atoms with Crippen LogP contribution in [0.1, 0.15) is 35.6 Å². The molecule has 0 saturated heterocycles. The Morgan fingerprint density at radius 2 is 1.94 bits per heavy atom. The van der Waals surface area contributed by atoms with Gasteiger partial charge in [-0.2, -0.15) is 5.10 Å². The third-order valence-electron chi connectivity index (χ3n) is 6.04. The lowest BCUT2D eigenvalue weighted by molar-refractivity contribution is -0.115. The number of benzene rings is 1. The van der Waals surface area contributed by atoms with Crippen LogP contribution in [0.3, 0.4) is 0 Å². The zero-order chi connectivity index (χ0) is 24.6. The molecule has 0 unspecified atom stereocenters. The van der Waals surface area contributed by atoms with Crippen molar-refractivity contribution in [2.45, 2.75) is 37.5 Å². The lowest BCUT2D eigenvalue weighted by Crippen LogP contribution is -2.17. The van der Waals surface area contributed by atoms with Crippen molar-refractivity contribution in [3.05, 3.63) is 77.6 Å². The third-order valence-corrected chi connectivity index (χ3v) is 6.04. The van der Waals surface area contributed by atoms with Gasteiger partial charge in [0.05, 0.1) is 18.0 Å². The number of hydrogen-bond acceptors (Lipinski definition) is 6. The van der Waals surface area contributed by atoms with Gasteiger partial charge < -0.3 is 9.84 Å². The predicted molar refractivity (Wildman–Crippen MR) is 119 cm³/mol. The molecule has 0 bridgehead atoms. The van der Waals surface area contributed by atoms with Crippen molar-refractivity contribution >= 4 is 11.7 Å². The smallest absolute Gasteiger partial charge is 0.251 e. The van der Waals surface area contributed by atoms with Gasteiger partial charge in [0.15, 0.2) is 11.6 Å². The summed E-state index contributed by atoms with van der Waals surface area (Å²) in [4.78, 5) is 21.0. The summed E-state index contributed by atoms with van der Waals surface area (Å²) in [7, 11) is 1.83. The van der Waals surface area contributed by atoms with Crippen LogP contribution >= 0.6 is 0 Å². The van der Waals surface area contributed by atoms with E-state index in [0.717, 1.165) is 5.56 Å². The van der Waals surface area contributed by atoms with Crippen LogP contribution in [0, 0.1) is 5.82 Å². The molecule has 3 aromatic heterocycles. The number of nitrogens with one attached hydrogen (secondary N) is 1. The molecule has 0 aliphatic heterocycles. The molecule has 1 aliphatic carbocycles. The SMILES string of the molecule is Cn1cc(Cc2ncc(-c3ccc(CC(=O)Nc4cc(C5(C(F)F)CC5)on4)c(F)c3)cn2)cn1. The standard InChI is InChI=1S/C24H21F3N6O2/c1-33-13-14(10-30-33)6-20-28-11-17(12-29-20)15-2-3-16(18(25)7-15)8-22(34)31-21-9-19(35-32-21)24(4-5-24)23(26)27/h2-3,7,9-13,23H,4-6,8H2,1H3,(H,31,32,34). The molecule has 0 atom stereocenters. The van der Waals surface area contributed by atoms with E-state index in [1.807, 2.05) is 13.2 Å². The highest BCUT2D eigenvalue weighted by atomic mass is 19.3. The van der Waals surface area contributed by atoms with Crippen LogP contribution in [0.25, 0.3) is 11.1 Å². The molecule has 1 fully saturated rings. The summed E-state index contributed by atoms with van der Waals surface area (Å²) in [6, 6.07) is 5.81. The Hall–Kier alpha value is -4.02. The zero-order valence-corrected chi connectivity index (χ0v) is 18.7. The molecule has 180 valence electrons. The first-order valence-corrected chi connectivity index (χ1v) is 10.9. The third kappa shape index (κ3) is 4.79. The van der Waals surface area contributed by atoms with Crippen molar-refractivity contribution in [1.82, 2.24) is 24.9 Å². The van der Waals surface area contributed by atoms with Crippen LogP contribution in [0.15, 0.2) is 53.6 Å². The minimum Gasteiger partial charge on any atom is -0.358 e. The summed E-state index contributed by atoms with van der Waals surface area (Å²) in [5.41, 5.74) is 1.06.